The third-order valence-corrected chi connectivity index (χ3v) is 5.16. The molecule has 5 rings (SSSR count). The molecule has 26 heavy (non-hydrogen) atoms. The lowest BCUT2D eigenvalue weighted by molar-refractivity contribution is 0.138. The van der Waals surface area contributed by atoms with Gasteiger partial charge in [-0.2, -0.15) is 0 Å². The molecule has 128 valence electrons. The van der Waals surface area contributed by atoms with Gasteiger partial charge in [0.25, 0.3) is 0 Å². The van der Waals surface area contributed by atoms with E-state index in [9.17, 15) is 5.11 Å². The summed E-state index contributed by atoms with van der Waals surface area (Å²) < 4.78 is 4.37. The summed E-state index contributed by atoms with van der Waals surface area (Å²) in [7, 11) is 0. The van der Waals surface area contributed by atoms with Crippen LogP contribution in [0, 0.1) is 0 Å². The summed E-state index contributed by atoms with van der Waals surface area (Å²) in [6.45, 7) is 1.15. The molecule has 0 aliphatic heterocycles. The van der Waals surface area contributed by atoms with E-state index in [0.29, 0.717) is 13.1 Å². The van der Waals surface area contributed by atoms with Crippen LogP contribution in [0.4, 0.5) is 0 Å². The maximum Gasteiger partial charge on any atom is 0.0897 e. The van der Waals surface area contributed by atoms with Gasteiger partial charge in [0.1, 0.15) is 0 Å². The van der Waals surface area contributed by atoms with Gasteiger partial charge in [0, 0.05) is 33.5 Å². The van der Waals surface area contributed by atoms with Crippen molar-refractivity contribution in [1.29, 1.82) is 0 Å². The molecule has 0 saturated carbocycles. The van der Waals surface area contributed by atoms with E-state index in [1.165, 1.54) is 27.2 Å². The van der Waals surface area contributed by atoms with Gasteiger partial charge in [-0.15, -0.1) is 0 Å². The van der Waals surface area contributed by atoms with Gasteiger partial charge in [-0.25, -0.2) is 0 Å². The van der Waals surface area contributed by atoms with Gasteiger partial charge in [0.2, 0.25) is 0 Å². The summed E-state index contributed by atoms with van der Waals surface area (Å²) in [6, 6.07) is 27.2. The van der Waals surface area contributed by atoms with Crippen molar-refractivity contribution in [1.82, 2.24) is 9.13 Å². The highest BCUT2D eigenvalue weighted by Gasteiger charge is 2.14. The average Bonchev–Trinajstić information content (AvgIpc) is 3.22. The van der Waals surface area contributed by atoms with E-state index < -0.39 is 6.10 Å². The number of fused-ring (bicyclic) bond motifs is 4. The van der Waals surface area contributed by atoms with E-state index >= 15 is 0 Å². The number of hydrogen-bond donors (Lipinski definition) is 1. The van der Waals surface area contributed by atoms with Gasteiger partial charge in [0.05, 0.1) is 19.2 Å². The van der Waals surface area contributed by atoms with Gasteiger partial charge in [0.15, 0.2) is 0 Å². The first-order valence-corrected chi connectivity index (χ1v) is 8.99. The molecule has 2 heterocycles. The van der Waals surface area contributed by atoms with Gasteiger partial charge in [-0.1, -0.05) is 54.6 Å². The Morgan fingerprint density at radius 1 is 0.654 bits per heavy atom. The molecule has 0 spiro atoms. The second-order valence-corrected chi connectivity index (χ2v) is 6.83. The number of aliphatic hydroxyl groups is 1. The molecule has 0 aliphatic rings. The van der Waals surface area contributed by atoms with Crippen LogP contribution in [0.25, 0.3) is 32.7 Å². The van der Waals surface area contributed by atoms with Crippen molar-refractivity contribution in [3.8, 4) is 0 Å². The molecular formula is C23H20N2O. The first-order chi connectivity index (χ1) is 12.8. The minimum absolute atomic E-state index is 0.468. The third-order valence-electron chi connectivity index (χ3n) is 5.16. The fraction of sp³-hybridized carbons (Fsp3) is 0.130. The fourth-order valence-electron chi connectivity index (χ4n) is 4.00. The predicted molar refractivity (Wildman–Crippen MR) is 107 cm³/mol. The van der Waals surface area contributed by atoms with Crippen molar-refractivity contribution in [3.63, 3.8) is 0 Å². The summed E-state index contributed by atoms with van der Waals surface area (Å²) in [4.78, 5) is 0. The Morgan fingerprint density at radius 3 is 1.92 bits per heavy atom. The molecule has 0 fully saturated rings. The van der Waals surface area contributed by atoms with E-state index in [2.05, 4.69) is 82.1 Å². The SMILES string of the molecule is OC(Cn1ccc2ccccc21)Cn1c2ccccc2c2ccccc21. The maximum absolute atomic E-state index is 10.8. The maximum atomic E-state index is 10.8. The minimum Gasteiger partial charge on any atom is -0.389 e. The minimum atomic E-state index is -0.468. The van der Waals surface area contributed by atoms with Crippen LogP contribution in [0.2, 0.25) is 0 Å². The Hall–Kier alpha value is -3.04. The molecule has 0 bridgehead atoms. The first kappa shape index (κ1) is 15.2. The second kappa shape index (κ2) is 6.04. The molecule has 3 heteroatoms. The fourth-order valence-corrected chi connectivity index (χ4v) is 4.00. The monoisotopic (exact) mass is 340 g/mol. The van der Waals surface area contributed by atoms with Crippen LogP contribution in [0.3, 0.4) is 0 Å². The summed E-state index contributed by atoms with van der Waals surface area (Å²) >= 11 is 0. The van der Waals surface area contributed by atoms with Gasteiger partial charge < -0.3 is 14.2 Å². The van der Waals surface area contributed by atoms with Crippen LogP contribution in [0.1, 0.15) is 0 Å². The largest absolute Gasteiger partial charge is 0.389 e. The van der Waals surface area contributed by atoms with Gasteiger partial charge >= 0.3 is 0 Å². The van der Waals surface area contributed by atoms with E-state index in [4.69, 9.17) is 0 Å². The van der Waals surface area contributed by atoms with Crippen LogP contribution in [0.15, 0.2) is 85.1 Å². The smallest absolute Gasteiger partial charge is 0.0897 e. The van der Waals surface area contributed by atoms with Crippen molar-refractivity contribution in [2.45, 2.75) is 19.2 Å². The Morgan fingerprint density at radius 2 is 1.23 bits per heavy atom. The van der Waals surface area contributed by atoms with Crippen LogP contribution in [0.5, 0.6) is 0 Å². The molecule has 0 saturated heterocycles. The number of aliphatic hydroxyl groups excluding tert-OH is 1. The molecule has 1 unspecified atom stereocenters. The molecule has 0 amide bonds. The zero-order valence-corrected chi connectivity index (χ0v) is 14.4. The number of nitrogens with zero attached hydrogens (tertiary/aromatic N) is 2. The topological polar surface area (TPSA) is 30.1 Å². The van der Waals surface area contributed by atoms with Crippen molar-refractivity contribution >= 4 is 32.7 Å². The average molecular weight is 340 g/mol. The Labute approximate surface area is 151 Å². The van der Waals surface area contributed by atoms with Crippen molar-refractivity contribution in [2.75, 3.05) is 0 Å². The molecule has 3 aromatic carbocycles. The second-order valence-electron chi connectivity index (χ2n) is 6.83. The number of hydrogen-bond acceptors (Lipinski definition) is 1. The lowest BCUT2D eigenvalue weighted by Gasteiger charge is -2.15. The van der Waals surface area contributed by atoms with Crippen LogP contribution < -0.4 is 0 Å². The third kappa shape index (κ3) is 2.40. The normalized spacial score (nSPS) is 13.0. The zero-order valence-electron chi connectivity index (χ0n) is 14.4. The van der Waals surface area contributed by atoms with Gasteiger partial charge in [-0.3, -0.25) is 0 Å². The van der Waals surface area contributed by atoms with Crippen molar-refractivity contribution in [2.24, 2.45) is 0 Å². The lowest BCUT2D eigenvalue weighted by Crippen LogP contribution is -2.21. The van der Waals surface area contributed by atoms with Gasteiger partial charge in [-0.05, 0) is 29.7 Å². The highest BCUT2D eigenvalue weighted by Crippen LogP contribution is 2.29. The first-order valence-electron chi connectivity index (χ1n) is 8.99. The molecule has 1 N–H and O–H groups in total. The number of aromatic nitrogens is 2. The highest BCUT2D eigenvalue weighted by atomic mass is 16.3. The number of para-hydroxylation sites is 3. The zero-order chi connectivity index (χ0) is 17.5. The van der Waals surface area contributed by atoms with E-state index in [1.807, 2.05) is 12.1 Å². The Kier molecular flexibility index (Phi) is 3.54. The standard InChI is InChI=1S/C23H20N2O/c26-18(15-24-14-13-17-7-1-4-10-21(17)24)16-25-22-11-5-2-8-19(22)20-9-3-6-12-23(20)25/h1-14,18,26H,15-16H2. The van der Waals surface area contributed by atoms with E-state index in [1.54, 1.807) is 0 Å². The number of benzene rings is 3. The summed E-state index contributed by atoms with van der Waals surface area (Å²) in [5, 5.41) is 14.5. The van der Waals surface area contributed by atoms with E-state index in [0.717, 1.165) is 5.52 Å². The Bertz CT molecular complexity index is 1160. The molecular weight excluding hydrogens is 320 g/mol. The van der Waals surface area contributed by atoms with Crippen molar-refractivity contribution < 1.29 is 5.11 Å². The summed E-state index contributed by atoms with van der Waals surface area (Å²) in [5.74, 6) is 0. The van der Waals surface area contributed by atoms with Crippen LogP contribution in [-0.4, -0.2) is 20.3 Å². The summed E-state index contributed by atoms with van der Waals surface area (Å²) in [5.41, 5.74) is 3.50. The molecule has 0 aliphatic carbocycles. The molecule has 5 aromatic rings. The highest BCUT2D eigenvalue weighted by molar-refractivity contribution is 6.07. The van der Waals surface area contributed by atoms with Crippen molar-refractivity contribution in [3.05, 3.63) is 85.1 Å². The molecule has 3 nitrogen and oxygen atoms in total. The lowest BCUT2D eigenvalue weighted by atomic mass is 10.2. The molecule has 1 atom stereocenters. The molecule has 2 aromatic heterocycles. The Balaban J connectivity index is 1.52. The quantitative estimate of drug-likeness (QED) is 0.500. The molecule has 0 radical (unpaired) electrons. The summed E-state index contributed by atoms with van der Waals surface area (Å²) in [6.07, 6.45) is 1.59. The predicted octanol–water partition coefficient (Wildman–Crippen LogP) is 4.81. The number of rotatable bonds is 4. The van der Waals surface area contributed by atoms with E-state index in [-0.39, 0.29) is 0 Å². The van der Waals surface area contributed by atoms with Crippen LogP contribution in [-0.2, 0) is 13.1 Å². The van der Waals surface area contributed by atoms with Crippen LogP contribution >= 0.6 is 0 Å².